The van der Waals surface area contributed by atoms with Crippen molar-refractivity contribution in [3.05, 3.63) is 30.4 Å². The van der Waals surface area contributed by atoms with Gasteiger partial charge in [-0.05, 0) is 12.5 Å². The van der Waals surface area contributed by atoms with Crippen LogP contribution < -0.4 is 0 Å². The molecule has 4 rings (SSSR count). The molecule has 1 unspecified atom stereocenters. The number of hydrogen-bond acceptors (Lipinski definition) is 6. The van der Waals surface area contributed by atoms with Crippen molar-refractivity contribution in [1.29, 1.82) is 0 Å². The highest BCUT2D eigenvalue weighted by atomic mass is 16.5. The van der Waals surface area contributed by atoms with Crippen molar-refractivity contribution in [2.75, 3.05) is 13.2 Å². The summed E-state index contributed by atoms with van der Waals surface area (Å²) < 4.78 is 12.3. The fraction of sp³-hybridized carbons (Fsp3) is 0.333. The van der Waals surface area contributed by atoms with Crippen LogP contribution in [0.25, 0.3) is 17.2 Å². The van der Waals surface area contributed by atoms with Gasteiger partial charge in [-0.25, -0.2) is 9.50 Å². The lowest BCUT2D eigenvalue weighted by atomic mass is 10.1. The SMILES string of the molecule is c1cnc2cc(-c3nc(C4CCOC4)no3)nn2c1. The van der Waals surface area contributed by atoms with Gasteiger partial charge in [-0.2, -0.15) is 10.1 Å². The number of rotatable bonds is 2. The van der Waals surface area contributed by atoms with E-state index in [9.17, 15) is 0 Å². The molecule has 0 aliphatic carbocycles. The summed E-state index contributed by atoms with van der Waals surface area (Å²) >= 11 is 0. The maximum absolute atomic E-state index is 5.32. The normalized spacial score (nSPS) is 19.3. The van der Waals surface area contributed by atoms with E-state index >= 15 is 0 Å². The summed E-state index contributed by atoms with van der Waals surface area (Å²) in [5.74, 6) is 1.34. The van der Waals surface area contributed by atoms with E-state index in [1.54, 1.807) is 10.7 Å². The van der Waals surface area contributed by atoms with Gasteiger partial charge in [-0.1, -0.05) is 5.16 Å². The first-order valence-corrected chi connectivity index (χ1v) is 6.12. The molecule has 4 heterocycles. The fourth-order valence-corrected chi connectivity index (χ4v) is 2.18. The quantitative estimate of drug-likeness (QED) is 0.688. The fourth-order valence-electron chi connectivity index (χ4n) is 2.18. The monoisotopic (exact) mass is 257 g/mol. The zero-order chi connectivity index (χ0) is 12.7. The molecule has 3 aromatic heterocycles. The highest BCUT2D eigenvalue weighted by Crippen LogP contribution is 2.25. The van der Waals surface area contributed by atoms with E-state index in [1.807, 2.05) is 18.3 Å². The molecule has 7 heteroatoms. The Hall–Kier alpha value is -2.28. The van der Waals surface area contributed by atoms with Gasteiger partial charge in [0.25, 0.3) is 5.89 Å². The van der Waals surface area contributed by atoms with Gasteiger partial charge in [0.05, 0.1) is 6.61 Å². The molecule has 1 aliphatic rings. The summed E-state index contributed by atoms with van der Waals surface area (Å²) in [5.41, 5.74) is 1.39. The van der Waals surface area contributed by atoms with Crippen LogP contribution >= 0.6 is 0 Å². The van der Waals surface area contributed by atoms with E-state index in [2.05, 4.69) is 20.2 Å². The van der Waals surface area contributed by atoms with Gasteiger partial charge in [0, 0.05) is 31.0 Å². The van der Waals surface area contributed by atoms with E-state index in [4.69, 9.17) is 9.26 Å². The van der Waals surface area contributed by atoms with E-state index in [0.717, 1.165) is 18.7 Å². The lowest BCUT2D eigenvalue weighted by molar-refractivity contribution is 0.192. The Labute approximate surface area is 108 Å². The average Bonchev–Trinajstić information content (AvgIpc) is 3.17. The van der Waals surface area contributed by atoms with Crippen molar-refractivity contribution in [2.24, 2.45) is 0 Å². The smallest absolute Gasteiger partial charge is 0.278 e. The van der Waals surface area contributed by atoms with Crippen LogP contribution in [0.2, 0.25) is 0 Å². The maximum atomic E-state index is 5.32. The first-order valence-electron chi connectivity index (χ1n) is 6.12. The van der Waals surface area contributed by atoms with Gasteiger partial charge in [0.1, 0.15) is 0 Å². The van der Waals surface area contributed by atoms with E-state index in [-0.39, 0.29) is 5.92 Å². The molecule has 1 saturated heterocycles. The third-order valence-corrected chi connectivity index (χ3v) is 3.19. The molecule has 0 aromatic carbocycles. The third-order valence-electron chi connectivity index (χ3n) is 3.19. The predicted molar refractivity (Wildman–Crippen MR) is 64.5 cm³/mol. The van der Waals surface area contributed by atoms with Crippen molar-refractivity contribution < 1.29 is 9.26 Å². The first-order chi connectivity index (χ1) is 9.40. The summed E-state index contributed by atoms with van der Waals surface area (Å²) in [6.07, 6.45) is 4.48. The summed E-state index contributed by atoms with van der Waals surface area (Å²) in [6, 6.07) is 3.64. The molecule has 0 spiro atoms. The topological polar surface area (TPSA) is 78.3 Å². The Morgan fingerprint density at radius 2 is 2.37 bits per heavy atom. The van der Waals surface area contributed by atoms with Crippen LogP contribution in [-0.2, 0) is 4.74 Å². The lowest BCUT2D eigenvalue weighted by Gasteiger charge is -1.97. The Bertz CT molecular complexity index is 681. The zero-order valence-electron chi connectivity index (χ0n) is 10.1. The largest absolute Gasteiger partial charge is 0.381 e. The summed E-state index contributed by atoms with van der Waals surface area (Å²) in [4.78, 5) is 8.60. The van der Waals surface area contributed by atoms with Crippen LogP contribution in [0.5, 0.6) is 0 Å². The molecule has 0 N–H and O–H groups in total. The van der Waals surface area contributed by atoms with Crippen LogP contribution in [0.4, 0.5) is 0 Å². The molecule has 1 aliphatic heterocycles. The second-order valence-corrected chi connectivity index (χ2v) is 4.47. The number of ether oxygens (including phenoxy) is 1. The standard InChI is InChI=1S/C12H11N5O2/c1-3-13-10-6-9(15-17(10)4-1)12-14-11(16-19-12)8-2-5-18-7-8/h1,3-4,6,8H,2,5,7H2. The van der Waals surface area contributed by atoms with Crippen molar-refractivity contribution in [3.8, 4) is 11.6 Å². The maximum Gasteiger partial charge on any atom is 0.278 e. The molecule has 0 saturated carbocycles. The van der Waals surface area contributed by atoms with Crippen molar-refractivity contribution in [3.63, 3.8) is 0 Å². The van der Waals surface area contributed by atoms with Crippen LogP contribution in [0.1, 0.15) is 18.2 Å². The summed E-state index contributed by atoms with van der Waals surface area (Å²) in [6.45, 7) is 1.42. The van der Waals surface area contributed by atoms with Gasteiger partial charge in [0.15, 0.2) is 17.2 Å². The Kier molecular flexibility index (Phi) is 2.31. The van der Waals surface area contributed by atoms with Crippen LogP contribution in [0.3, 0.4) is 0 Å². The highest BCUT2D eigenvalue weighted by Gasteiger charge is 2.24. The Balaban J connectivity index is 1.71. The van der Waals surface area contributed by atoms with Crippen molar-refractivity contribution >= 4 is 5.65 Å². The second kappa shape index (κ2) is 4.13. The minimum absolute atomic E-state index is 0.229. The molecule has 7 nitrogen and oxygen atoms in total. The molecule has 0 radical (unpaired) electrons. The number of fused-ring (bicyclic) bond motifs is 1. The van der Waals surface area contributed by atoms with Crippen molar-refractivity contribution in [1.82, 2.24) is 24.7 Å². The van der Waals surface area contributed by atoms with Crippen LogP contribution in [0.15, 0.2) is 29.0 Å². The average molecular weight is 257 g/mol. The van der Waals surface area contributed by atoms with Crippen molar-refractivity contribution in [2.45, 2.75) is 12.3 Å². The molecule has 1 fully saturated rings. The summed E-state index contributed by atoms with van der Waals surface area (Å²) in [7, 11) is 0. The third kappa shape index (κ3) is 1.78. The Morgan fingerprint density at radius 3 is 3.21 bits per heavy atom. The van der Waals surface area contributed by atoms with E-state index in [1.165, 1.54) is 0 Å². The number of hydrogen-bond donors (Lipinski definition) is 0. The van der Waals surface area contributed by atoms with Crippen LogP contribution in [-0.4, -0.2) is 38.0 Å². The van der Waals surface area contributed by atoms with Gasteiger partial charge < -0.3 is 9.26 Å². The zero-order valence-corrected chi connectivity index (χ0v) is 10.1. The van der Waals surface area contributed by atoms with Gasteiger partial charge in [-0.15, -0.1) is 0 Å². The molecular formula is C12H11N5O2. The second-order valence-electron chi connectivity index (χ2n) is 4.47. The van der Waals surface area contributed by atoms with Gasteiger partial charge in [-0.3, -0.25) is 0 Å². The molecule has 3 aromatic rings. The van der Waals surface area contributed by atoms with E-state index < -0.39 is 0 Å². The van der Waals surface area contributed by atoms with Gasteiger partial charge >= 0.3 is 0 Å². The molecule has 19 heavy (non-hydrogen) atoms. The molecular weight excluding hydrogens is 246 g/mol. The predicted octanol–water partition coefficient (Wildman–Crippen LogP) is 1.28. The number of aromatic nitrogens is 5. The molecule has 96 valence electrons. The first kappa shape index (κ1) is 10.6. The Morgan fingerprint density at radius 1 is 1.37 bits per heavy atom. The highest BCUT2D eigenvalue weighted by molar-refractivity contribution is 5.55. The van der Waals surface area contributed by atoms with E-state index in [0.29, 0.717) is 24.0 Å². The lowest BCUT2D eigenvalue weighted by Crippen LogP contribution is -1.99. The minimum Gasteiger partial charge on any atom is -0.381 e. The minimum atomic E-state index is 0.229. The van der Waals surface area contributed by atoms with Gasteiger partial charge in [0.2, 0.25) is 0 Å². The van der Waals surface area contributed by atoms with Crippen LogP contribution in [0, 0.1) is 0 Å². The molecule has 1 atom stereocenters. The number of nitrogens with zero attached hydrogens (tertiary/aromatic N) is 5. The molecule has 0 bridgehead atoms. The molecule has 0 amide bonds. The summed E-state index contributed by atoms with van der Waals surface area (Å²) in [5, 5.41) is 8.36.